The van der Waals surface area contributed by atoms with Gasteiger partial charge >= 0.3 is 6.03 Å². The summed E-state index contributed by atoms with van der Waals surface area (Å²) in [6, 6.07) is 6.82. The second-order valence-electron chi connectivity index (χ2n) is 9.47. The molecule has 0 bridgehead atoms. The number of urea groups is 1. The first-order chi connectivity index (χ1) is 18.1. The van der Waals surface area contributed by atoms with E-state index in [2.05, 4.69) is 20.9 Å². The van der Waals surface area contributed by atoms with Crippen molar-refractivity contribution in [3.05, 3.63) is 52.3 Å². The van der Waals surface area contributed by atoms with Gasteiger partial charge in [-0.15, -0.1) is 11.3 Å². The summed E-state index contributed by atoms with van der Waals surface area (Å²) in [5, 5.41) is 8.37. The molecule has 12 heteroatoms. The van der Waals surface area contributed by atoms with Crippen LogP contribution < -0.4 is 20.7 Å². The van der Waals surface area contributed by atoms with E-state index >= 15 is 4.39 Å². The third-order valence-electron chi connectivity index (χ3n) is 7.06. The Labute approximate surface area is 221 Å². The number of rotatable bonds is 6. The van der Waals surface area contributed by atoms with Gasteiger partial charge in [-0.25, -0.2) is 14.2 Å². The molecule has 198 valence electrons. The molecule has 5 rings (SSSR count). The largest absolute Gasteiger partial charge is 0.497 e. The van der Waals surface area contributed by atoms with Crippen molar-refractivity contribution in [1.29, 1.82) is 0 Å². The fraction of sp³-hybridized carbons (Fsp3) is 0.346. The van der Waals surface area contributed by atoms with Crippen LogP contribution in [-0.2, 0) is 21.7 Å². The lowest BCUT2D eigenvalue weighted by Gasteiger charge is -2.29. The minimum Gasteiger partial charge on any atom is -0.497 e. The summed E-state index contributed by atoms with van der Waals surface area (Å²) < 4.78 is 21.7. The Balaban J connectivity index is 1.33. The smallest absolute Gasteiger partial charge is 0.320 e. The Morgan fingerprint density at radius 1 is 1.29 bits per heavy atom. The van der Waals surface area contributed by atoms with E-state index in [-0.39, 0.29) is 36.2 Å². The molecule has 2 atom stereocenters. The molecule has 3 heterocycles. The fourth-order valence-electron chi connectivity index (χ4n) is 4.67. The first-order valence-electron chi connectivity index (χ1n) is 12.1. The van der Waals surface area contributed by atoms with Crippen LogP contribution in [0.15, 0.2) is 30.3 Å². The van der Waals surface area contributed by atoms with Gasteiger partial charge in [-0.3, -0.25) is 19.7 Å². The van der Waals surface area contributed by atoms with E-state index in [1.165, 1.54) is 28.4 Å². The number of anilines is 1. The van der Waals surface area contributed by atoms with Gasteiger partial charge in [-0.2, -0.15) is 0 Å². The number of benzene rings is 2. The fourth-order valence-corrected chi connectivity index (χ4v) is 5.83. The third-order valence-corrected chi connectivity index (χ3v) is 8.34. The highest BCUT2D eigenvalue weighted by Gasteiger charge is 2.40. The number of thiazole rings is 1. The average molecular weight is 540 g/mol. The number of hydrogen-bond donors (Lipinski definition) is 3. The van der Waals surface area contributed by atoms with Crippen LogP contribution in [0.3, 0.4) is 0 Å². The molecule has 3 N–H and O–H groups in total. The quantitative estimate of drug-likeness (QED) is 0.410. The highest BCUT2D eigenvalue weighted by Crippen LogP contribution is 2.35. The number of nitrogens with zero attached hydrogens (tertiary/aromatic N) is 2. The highest BCUT2D eigenvalue weighted by atomic mass is 32.1. The lowest BCUT2D eigenvalue weighted by molar-refractivity contribution is -0.136. The van der Waals surface area contributed by atoms with Crippen molar-refractivity contribution in [1.82, 2.24) is 20.5 Å². The van der Waals surface area contributed by atoms with Crippen molar-refractivity contribution in [2.75, 3.05) is 12.4 Å². The maximum atomic E-state index is 15.5. The average Bonchev–Trinajstić information content (AvgIpc) is 3.47. The van der Waals surface area contributed by atoms with Crippen LogP contribution in [-0.4, -0.2) is 46.8 Å². The molecule has 2 aliphatic rings. The monoisotopic (exact) mass is 539 g/mol. The topological polar surface area (TPSA) is 130 Å². The Morgan fingerprint density at radius 2 is 2.08 bits per heavy atom. The molecule has 1 saturated heterocycles. The second-order valence-corrected chi connectivity index (χ2v) is 10.5. The van der Waals surface area contributed by atoms with Crippen LogP contribution in [0.5, 0.6) is 5.75 Å². The Morgan fingerprint density at radius 3 is 2.79 bits per heavy atom. The molecule has 3 aromatic rings. The van der Waals surface area contributed by atoms with Crippen molar-refractivity contribution < 1.29 is 28.3 Å². The molecule has 2 unspecified atom stereocenters. The molecule has 0 saturated carbocycles. The van der Waals surface area contributed by atoms with Gasteiger partial charge in [-0.1, -0.05) is 6.92 Å². The first-order valence-corrected chi connectivity index (χ1v) is 13.0. The van der Waals surface area contributed by atoms with Crippen LogP contribution in [0.25, 0.3) is 10.2 Å². The number of carbonyl (C=O) groups excluding carboxylic acids is 4. The molecule has 0 spiro atoms. The van der Waals surface area contributed by atoms with E-state index in [9.17, 15) is 19.2 Å². The molecule has 1 aromatic heterocycles. The maximum absolute atomic E-state index is 15.5. The standard InChI is InChI=1S/C26H26FN5O5S/c1-4-26(2,24-28-16-7-5-13(37-3)11-19(16)38-24)31-25(36)29-17-8-6-14-15(21(17)27)12-32(23(14)35)18-9-10-20(33)30-22(18)34/h5-8,11,18H,4,9-10,12H2,1-3H3,(H2,29,31,36)(H,30,33,34). The van der Waals surface area contributed by atoms with Crippen molar-refractivity contribution in [2.45, 2.75) is 51.2 Å². The van der Waals surface area contributed by atoms with Gasteiger partial charge in [0.2, 0.25) is 11.8 Å². The zero-order valence-electron chi connectivity index (χ0n) is 21.0. The minimum absolute atomic E-state index is 0.0911. The Kier molecular flexibility index (Phi) is 6.51. The van der Waals surface area contributed by atoms with Crippen LogP contribution in [0.2, 0.25) is 0 Å². The number of aromatic nitrogens is 1. The zero-order valence-corrected chi connectivity index (χ0v) is 21.8. The number of halogens is 1. The van der Waals surface area contributed by atoms with Gasteiger partial charge < -0.3 is 20.3 Å². The number of imide groups is 1. The van der Waals surface area contributed by atoms with Gasteiger partial charge in [0.05, 0.1) is 35.1 Å². The normalized spacial score (nSPS) is 18.7. The number of ether oxygens (including phenoxy) is 1. The van der Waals surface area contributed by atoms with Crippen LogP contribution in [0.4, 0.5) is 14.9 Å². The molecule has 10 nitrogen and oxygen atoms in total. The molecule has 0 radical (unpaired) electrons. The predicted molar refractivity (Wildman–Crippen MR) is 138 cm³/mol. The number of hydrogen-bond acceptors (Lipinski definition) is 7. The van der Waals surface area contributed by atoms with Crippen LogP contribution in [0, 0.1) is 5.82 Å². The molecule has 1 fully saturated rings. The van der Waals surface area contributed by atoms with Gasteiger partial charge in [0.1, 0.15) is 16.8 Å². The third kappa shape index (κ3) is 4.44. The lowest BCUT2D eigenvalue weighted by Crippen LogP contribution is -2.52. The summed E-state index contributed by atoms with van der Waals surface area (Å²) in [6.07, 6.45) is 0.803. The van der Waals surface area contributed by atoms with Crippen molar-refractivity contribution in [3.63, 3.8) is 0 Å². The highest BCUT2D eigenvalue weighted by molar-refractivity contribution is 7.18. The number of amides is 5. The summed E-state index contributed by atoms with van der Waals surface area (Å²) in [5.41, 5.74) is 0.0822. The molecule has 2 aromatic carbocycles. The van der Waals surface area contributed by atoms with E-state index in [1.807, 2.05) is 32.0 Å². The summed E-state index contributed by atoms with van der Waals surface area (Å²) in [5.74, 6) is -1.50. The lowest BCUT2D eigenvalue weighted by atomic mass is 10.0. The van der Waals surface area contributed by atoms with Gasteiger partial charge in [0.15, 0.2) is 5.82 Å². The predicted octanol–water partition coefficient (Wildman–Crippen LogP) is 3.65. The summed E-state index contributed by atoms with van der Waals surface area (Å²) in [7, 11) is 1.59. The molecule has 38 heavy (non-hydrogen) atoms. The van der Waals surface area contributed by atoms with Gasteiger partial charge in [0.25, 0.3) is 5.91 Å². The SMILES string of the molecule is CCC(C)(NC(=O)Nc1ccc2c(c1F)CN(C1CCC(=O)NC1=O)C2=O)c1nc2ccc(OC)cc2s1. The summed E-state index contributed by atoms with van der Waals surface area (Å²) in [4.78, 5) is 55.5. The molecule has 2 aliphatic heterocycles. The number of piperidine rings is 1. The van der Waals surface area contributed by atoms with Crippen molar-refractivity contribution in [3.8, 4) is 5.75 Å². The van der Waals surface area contributed by atoms with Crippen LogP contribution >= 0.6 is 11.3 Å². The maximum Gasteiger partial charge on any atom is 0.320 e. The van der Waals surface area contributed by atoms with Crippen molar-refractivity contribution in [2.24, 2.45) is 0 Å². The van der Waals surface area contributed by atoms with E-state index in [0.29, 0.717) is 17.2 Å². The zero-order chi connectivity index (χ0) is 27.2. The van der Waals surface area contributed by atoms with E-state index in [1.54, 1.807) is 7.11 Å². The Bertz CT molecular complexity index is 1490. The second kappa shape index (κ2) is 9.67. The van der Waals surface area contributed by atoms with Crippen LogP contribution in [0.1, 0.15) is 54.0 Å². The summed E-state index contributed by atoms with van der Waals surface area (Å²) >= 11 is 1.44. The number of carbonyl (C=O) groups is 4. The van der Waals surface area contributed by atoms with E-state index in [0.717, 1.165) is 10.2 Å². The minimum atomic E-state index is -0.856. The number of methoxy groups -OCH3 is 1. The first kappa shape index (κ1) is 25.6. The molecule has 0 aliphatic carbocycles. The molecular formula is C26H26FN5O5S. The molecular weight excluding hydrogens is 513 g/mol. The summed E-state index contributed by atoms with van der Waals surface area (Å²) in [6.45, 7) is 3.63. The van der Waals surface area contributed by atoms with Gasteiger partial charge in [0, 0.05) is 17.5 Å². The van der Waals surface area contributed by atoms with Gasteiger partial charge in [-0.05, 0) is 50.1 Å². The van der Waals surface area contributed by atoms with Crippen molar-refractivity contribution >= 4 is 51.0 Å². The van der Waals surface area contributed by atoms with E-state index in [4.69, 9.17) is 4.74 Å². The number of nitrogens with one attached hydrogen (secondary N) is 3. The van der Waals surface area contributed by atoms with E-state index < -0.39 is 41.2 Å². The number of fused-ring (bicyclic) bond motifs is 2. The molecule has 5 amide bonds. The Hall–Kier alpha value is -4.06.